The Morgan fingerprint density at radius 2 is 1.96 bits per heavy atom. The maximum absolute atomic E-state index is 12.8. The highest BCUT2D eigenvalue weighted by Gasteiger charge is 2.31. The number of hydrogen-bond acceptors (Lipinski definition) is 3. The molecule has 3 rings (SSSR count). The molecule has 1 unspecified atom stereocenters. The second kappa shape index (κ2) is 6.72. The van der Waals surface area contributed by atoms with Crippen LogP contribution in [0.2, 0.25) is 10.2 Å². The lowest BCUT2D eigenvalue weighted by Crippen LogP contribution is -2.13. The van der Waals surface area contributed by atoms with Crippen molar-refractivity contribution in [3.8, 4) is 0 Å². The molecule has 3 aromatic rings. The first-order chi connectivity index (χ1) is 12.1. The van der Waals surface area contributed by atoms with Gasteiger partial charge in [0.15, 0.2) is 0 Å². The van der Waals surface area contributed by atoms with Gasteiger partial charge in [-0.05, 0) is 24.6 Å². The molecule has 2 aromatic heterocycles. The third kappa shape index (κ3) is 3.51. The minimum absolute atomic E-state index is 0.118. The van der Waals surface area contributed by atoms with Crippen molar-refractivity contribution in [3.63, 3.8) is 0 Å². The van der Waals surface area contributed by atoms with Crippen molar-refractivity contribution in [2.75, 3.05) is 0 Å². The van der Waals surface area contributed by atoms with Crippen LogP contribution in [0.3, 0.4) is 0 Å². The van der Waals surface area contributed by atoms with Crippen molar-refractivity contribution >= 4 is 34.1 Å². The highest BCUT2D eigenvalue weighted by molar-refractivity contribution is 6.39. The first-order valence-corrected chi connectivity index (χ1v) is 8.34. The van der Waals surface area contributed by atoms with Crippen LogP contribution < -0.4 is 0 Å². The summed E-state index contributed by atoms with van der Waals surface area (Å²) >= 11 is 12.1. The average molecular weight is 404 g/mol. The summed E-state index contributed by atoms with van der Waals surface area (Å²) in [4.78, 5) is 8.13. The smallest absolute Gasteiger partial charge is 0.382 e. The van der Waals surface area contributed by atoms with E-state index in [-0.39, 0.29) is 15.7 Å². The number of aromatic nitrogens is 3. The van der Waals surface area contributed by atoms with Crippen LogP contribution in [-0.4, -0.2) is 25.8 Å². The van der Waals surface area contributed by atoms with Gasteiger partial charge in [-0.3, -0.25) is 0 Å². The van der Waals surface area contributed by atoms with Crippen LogP contribution in [0.15, 0.2) is 24.4 Å². The number of rotatable bonds is 3. The van der Waals surface area contributed by atoms with E-state index in [0.29, 0.717) is 22.2 Å². The predicted octanol–water partition coefficient (Wildman–Crippen LogP) is 4.77. The molecule has 0 saturated heterocycles. The average Bonchev–Trinajstić information content (AvgIpc) is 2.89. The molecule has 0 fully saturated rings. The summed E-state index contributed by atoms with van der Waals surface area (Å²) < 4.78 is 40.1. The van der Waals surface area contributed by atoms with E-state index in [0.717, 1.165) is 5.82 Å². The van der Waals surface area contributed by atoms with E-state index in [4.69, 9.17) is 23.2 Å². The van der Waals surface area contributed by atoms with Gasteiger partial charge in [0.2, 0.25) is 0 Å². The minimum atomic E-state index is -4.47. The molecule has 0 saturated carbocycles. The summed E-state index contributed by atoms with van der Waals surface area (Å²) in [5.74, 6) is 0.721. The third-order valence-electron chi connectivity index (χ3n) is 4.22. The monoisotopic (exact) mass is 403 g/mol. The normalized spacial score (nSPS) is 13.4. The third-order valence-corrected chi connectivity index (χ3v) is 4.96. The number of nitrogens with zero attached hydrogens (tertiary/aromatic N) is 3. The fourth-order valence-corrected chi connectivity index (χ4v) is 3.33. The molecule has 0 aliphatic carbocycles. The van der Waals surface area contributed by atoms with Gasteiger partial charge in [0.05, 0.1) is 28.9 Å². The molecule has 26 heavy (non-hydrogen) atoms. The Morgan fingerprint density at radius 3 is 2.54 bits per heavy atom. The number of pyridine rings is 1. The lowest BCUT2D eigenvalue weighted by molar-refractivity contribution is -0.127. The summed E-state index contributed by atoms with van der Waals surface area (Å²) in [6.45, 7) is 1.79. The SMILES string of the molecule is Cc1ncc(C(O)c2ccc3nc(Cl)c(CC(F)(F)F)c(Cl)c3c2)n1C. The molecule has 0 aliphatic heterocycles. The lowest BCUT2D eigenvalue weighted by Gasteiger charge is -2.15. The Hall–Kier alpha value is -1.83. The van der Waals surface area contributed by atoms with Crippen molar-refractivity contribution in [3.05, 3.63) is 57.2 Å². The van der Waals surface area contributed by atoms with Crippen LogP contribution in [-0.2, 0) is 13.5 Å². The summed E-state index contributed by atoms with van der Waals surface area (Å²) in [5.41, 5.74) is 1.08. The first kappa shape index (κ1) is 18.9. The highest BCUT2D eigenvalue weighted by Crippen LogP contribution is 2.36. The zero-order valence-corrected chi connectivity index (χ0v) is 15.3. The fraction of sp³-hybridized carbons (Fsp3) is 0.294. The van der Waals surface area contributed by atoms with Crippen molar-refractivity contribution in [2.45, 2.75) is 25.6 Å². The van der Waals surface area contributed by atoms with Crippen molar-refractivity contribution in [1.82, 2.24) is 14.5 Å². The van der Waals surface area contributed by atoms with Gasteiger partial charge < -0.3 is 9.67 Å². The maximum atomic E-state index is 12.8. The van der Waals surface area contributed by atoms with Crippen molar-refractivity contribution < 1.29 is 18.3 Å². The van der Waals surface area contributed by atoms with Crippen LogP contribution in [0.4, 0.5) is 13.2 Å². The summed E-state index contributed by atoms with van der Waals surface area (Å²) in [6.07, 6.45) is -5.21. The van der Waals surface area contributed by atoms with Crippen LogP contribution in [0.5, 0.6) is 0 Å². The number of imidazole rings is 1. The van der Waals surface area contributed by atoms with Crippen LogP contribution in [0.25, 0.3) is 10.9 Å². The van der Waals surface area contributed by atoms with E-state index in [1.807, 2.05) is 0 Å². The van der Waals surface area contributed by atoms with Crippen molar-refractivity contribution in [2.24, 2.45) is 7.05 Å². The van der Waals surface area contributed by atoms with E-state index in [2.05, 4.69) is 9.97 Å². The van der Waals surface area contributed by atoms with Crippen molar-refractivity contribution in [1.29, 1.82) is 0 Å². The predicted molar refractivity (Wildman–Crippen MR) is 93.5 cm³/mol. The van der Waals surface area contributed by atoms with E-state index >= 15 is 0 Å². The zero-order valence-electron chi connectivity index (χ0n) is 13.8. The Bertz CT molecular complexity index is 986. The molecule has 0 bridgehead atoms. The maximum Gasteiger partial charge on any atom is 0.393 e. The molecular weight excluding hydrogens is 390 g/mol. The highest BCUT2D eigenvalue weighted by atomic mass is 35.5. The number of fused-ring (bicyclic) bond motifs is 1. The first-order valence-electron chi connectivity index (χ1n) is 7.59. The van der Waals surface area contributed by atoms with Crippen LogP contribution in [0.1, 0.15) is 28.7 Å². The second-order valence-corrected chi connectivity index (χ2v) is 6.69. The van der Waals surface area contributed by atoms with Crippen LogP contribution >= 0.6 is 23.2 Å². The lowest BCUT2D eigenvalue weighted by atomic mass is 10.0. The number of halogens is 5. The zero-order chi connectivity index (χ0) is 19.2. The molecule has 2 heterocycles. The van der Waals surface area contributed by atoms with Gasteiger partial charge in [-0.1, -0.05) is 29.3 Å². The molecule has 4 nitrogen and oxygen atoms in total. The molecule has 138 valence electrons. The Kier molecular flexibility index (Phi) is 4.90. The van der Waals surface area contributed by atoms with E-state index in [1.165, 1.54) is 6.07 Å². The van der Waals surface area contributed by atoms with E-state index in [1.54, 1.807) is 36.9 Å². The summed E-state index contributed by atoms with van der Waals surface area (Å²) in [6, 6.07) is 4.71. The number of aryl methyl sites for hydroxylation is 1. The summed E-state index contributed by atoms with van der Waals surface area (Å²) in [5, 5.41) is 10.5. The van der Waals surface area contributed by atoms with Gasteiger partial charge in [0.1, 0.15) is 17.1 Å². The van der Waals surface area contributed by atoms with Gasteiger partial charge in [0.25, 0.3) is 0 Å². The largest absolute Gasteiger partial charge is 0.393 e. The molecule has 0 spiro atoms. The van der Waals surface area contributed by atoms with Gasteiger partial charge in [-0.25, -0.2) is 9.97 Å². The quantitative estimate of drug-likeness (QED) is 0.640. The van der Waals surface area contributed by atoms with E-state index in [9.17, 15) is 18.3 Å². The van der Waals surface area contributed by atoms with Gasteiger partial charge in [0, 0.05) is 18.0 Å². The van der Waals surface area contributed by atoms with E-state index < -0.39 is 18.7 Å². The molecule has 0 radical (unpaired) electrons. The molecule has 0 aliphatic rings. The van der Waals surface area contributed by atoms with Gasteiger partial charge in [-0.2, -0.15) is 13.2 Å². The molecule has 1 aromatic carbocycles. The number of aliphatic hydroxyl groups excluding tert-OH is 1. The van der Waals surface area contributed by atoms with Crippen LogP contribution in [0, 0.1) is 6.92 Å². The molecule has 1 N–H and O–H groups in total. The second-order valence-electron chi connectivity index (χ2n) is 5.96. The topological polar surface area (TPSA) is 50.9 Å². The number of benzene rings is 1. The number of alkyl halides is 3. The Morgan fingerprint density at radius 1 is 1.27 bits per heavy atom. The Labute approximate surface area is 157 Å². The molecule has 1 atom stereocenters. The standard InChI is InChI=1S/C17H14Cl2F3N3O/c1-8-23-7-13(25(8)2)15(26)9-3-4-12-10(5-9)14(18)11(16(19)24-12)6-17(20,21)22/h3-5,7,15,26H,6H2,1-2H3. The number of aliphatic hydroxyl groups is 1. The molecule has 9 heteroatoms. The summed E-state index contributed by atoms with van der Waals surface area (Å²) in [7, 11) is 1.76. The molecular formula is C17H14Cl2F3N3O. The Balaban J connectivity index is 2.11. The molecule has 0 amide bonds. The van der Waals surface area contributed by atoms with Gasteiger partial charge in [-0.15, -0.1) is 0 Å². The fourth-order valence-electron chi connectivity index (χ4n) is 2.72. The van der Waals surface area contributed by atoms with Gasteiger partial charge >= 0.3 is 6.18 Å². The number of hydrogen-bond donors (Lipinski definition) is 1. The minimum Gasteiger partial charge on any atom is -0.382 e.